The Kier molecular flexibility index (Phi) is 6.64. The third-order valence-corrected chi connectivity index (χ3v) is 10.6. The van der Waals surface area contributed by atoms with Gasteiger partial charge in [-0.1, -0.05) is 133 Å². The maximum absolute atomic E-state index is 5.05. The second kappa shape index (κ2) is 11.6. The number of rotatable bonds is 5. The predicted octanol–water partition coefficient (Wildman–Crippen LogP) is 12.0. The van der Waals surface area contributed by atoms with Crippen molar-refractivity contribution in [1.29, 1.82) is 0 Å². The Labute approximate surface area is 292 Å². The predicted molar refractivity (Wildman–Crippen MR) is 209 cm³/mol. The van der Waals surface area contributed by atoms with Crippen LogP contribution in [0.2, 0.25) is 0 Å². The van der Waals surface area contributed by atoms with Gasteiger partial charge in [0.05, 0.1) is 11.0 Å². The number of benzene rings is 7. The van der Waals surface area contributed by atoms with E-state index in [1.807, 2.05) is 30.3 Å². The molecule has 0 aliphatic rings. The van der Waals surface area contributed by atoms with Crippen LogP contribution in [0.15, 0.2) is 170 Å². The first-order valence-electron chi connectivity index (χ1n) is 16.7. The largest absolute Gasteiger partial charge is 0.309 e. The average Bonchev–Trinajstić information content (AvgIpc) is 3.74. The minimum atomic E-state index is 0.649. The van der Waals surface area contributed by atoms with E-state index in [1.54, 1.807) is 11.3 Å². The van der Waals surface area contributed by atoms with Crippen molar-refractivity contribution in [3.63, 3.8) is 0 Å². The van der Waals surface area contributed by atoms with Crippen LogP contribution in [0.5, 0.6) is 0 Å². The molecule has 0 unspecified atom stereocenters. The molecule has 3 aromatic heterocycles. The van der Waals surface area contributed by atoms with Crippen molar-refractivity contribution in [2.45, 2.75) is 0 Å². The Balaban J connectivity index is 1.05. The molecule has 0 radical (unpaired) electrons. The summed E-state index contributed by atoms with van der Waals surface area (Å²) in [7, 11) is 0. The fourth-order valence-electron chi connectivity index (χ4n) is 7.05. The van der Waals surface area contributed by atoms with E-state index in [-0.39, 0.29) is 0 Å². The molecule has 50 heavy (non-hydrogen) atoms. The molecule has 0 atom stereocenters. The van der Waals surface area contributed by atoms with Crippen molar-refractivity contribution in [2.75, 3.05) is 0 Å². The van der Waals surface area contributed by atoms with Gasteiger partial charge in [0, 0.05) is 53.3 Å². The summed E-state index contributed by atoms with van der Waals surface area (Å²) in [5.74, 6) is 1.97. The molecule has 0 aliphatic heterocycles. The van der Waals surface area contributed by atoms with E-state index in [0.29, 0.717) is 17.5 Å². The number of para-hydroxylation sites is 2. The number of nitrogens with zero attached hydrogens (tertiary/aromatic N) is 4. The zero-order chi connectivity index (χ0) is 33.0. The van der Waals surface area contributed by atoms with Crippen molar-refractivity contribution < 1.29 is 0 Å². The zero-order valence-corrected chi connectivity index (χ0v) is 27.7. The smallest absolute Gasteiger partial charge is 0.164 e. The molecule has 7 aromatic carbocycles. The molecule has 10 rings (SSSR count). The van der Waals surface area contributed by atoms with Crippen molar-refractivity contribution in [2.24, 2.45) is 0 Å². The maximum Gasteiger partial charge on any atom is 0.164 e. The van der Waals surface area contributed by atoms with Gasteiger partial charge >= 0.3 is 0 Å². The number of hydrogen-bond acceptors (Lipinski definition) is 4. The van der Waals surface area contributed by atoms with E-state index in [4.69, 9.17) is 15.0 Å². The highest BCUT2D eigenvalue weighted by Crippen LogP contribution is 2.37. The van der Waals surface area contributed by atoms with Gasteiger partial charge in [0.15, 0.2) is 17.5 Å². The first-order valence-corrected chi connectivity index (χ1v) is 17.5. The number of fused-ring (bicyclic) bond motifs is 6. The molecule has 0 saturated heterocycles. The van der Waals surface area contributed by atoms with Crippen LogP contribution in [-0.2, 0) is 0 Å². The van der Waals surface area contributed by atoms with Gasteiger partial charge in [-0.05, 0) is 47.5 Å². The Hall–Kier alpha value is -6.43. The van der Waals surface area contributed by atoms with Gasteiger partial charge in [-0.15, -0.1) is 11.3 Å². The number of aromatic nitrogens is 4. The molecular weight excluding hydrogens is 629 g/mol. The Morgan fingerprint density at radius 1 is 0.340 bits per heavy atom. The summed E-state index contributed by atoms with van der Waals surface area (Å²) in [6.45, 7) is 0. The molecule has 10 aromatic rings. The summed E-state index contributed by atoms with van der Waals surface area (Å²) in [6, 6.07) is 59.8. The van der Waals surface area contributed by atoms with Gasteiger partial charge in [-0.3, -0.25) is 0 Å². The van der Waals surface area contributed by atoms with Crippen LogP contribution in [0.1, 0.15) is 0 Å². The SMILES string of the molecule is c1ccc(-c2nc(-c3ccc(-c4cccc(-n5c6ccccc6c6ccccc65)c4)cc3)nc(-c3ccc4c(c3)sc3ccccc34)n2)cc1. The highest BCUT2D eigenvalue weighted by atomic mass is 32.1. The van der Waals surface area contributed by atoms with E-state index in [1.165, 1.54) is 42.0 Å². The summed E-state index contributed by atoms with van der Waals surface area (Å²) in [5, 5.41) is 5.05. The second-order valence-corrected chi connectivity index (χ2v) is 13.6. The first kappa shape index (κ1) is 28.6. The maximum atomic E-state index is 5.05. The van der Waals surface area contributed by atoms with Crippen LogP contribution in [0.4, 0.5) is 0 Å². The molecule has 4 nitrogen and oxygen atoms in total. The highest BCUT2D eigenvalue weighted by molar-refractivity contribution is 7.25. The zero-order valence-electron chi connectivity index (χ0n) is 26.9. The lowest BCUT2D eigenvalue weighted by Crippen LogP contribution is -2.00. The van der Waals surface area contributed by atoms with Gasteiger partial charge < -0.3 is 4.57 Å². The summed E-state index contributed by atoms with van der Waals surface area (Å²) < 4.78 is 4.86. The average molecular weight is 657 g/mol. The van der Waals surface area contributed by atoms with Crippen molar-refractivity contribution in [3.8, 4) is 51.0 Å². The minimum absolute atomic E-state index is 0.649. The fourth-order valence-corrected chi connectivity index (χ4v) is 8.20. The van der Waals surface area contributed by atoms with Crippen LogP contribution in [0.25, 0.3) is 93.0 Å². The van der Waals surface area contributed by atoms with E-state index >= 15 is 0 Å². The summed E-state index contributed by atoms with van der Waals surface area (Å²) in [5.41, 5.74) is 8.69. The van der Waals surface area contributed by atoms with Crippen molar-refractivity contribution in [1.82, 2.24) is 19.5 Å². The highest BCUT2D eigenvalue weighted by Gasteiger charge is 2.15. The molecule has 0 aliphatic carbocycles. The molecule has 3 heterocycles. The van der Waals surface area contributed by atoms with Gasteiger partial charge in [0.1, 0.15) is 0 Å². The molecule has 5 heteroatoms. The molecule has 0 bridgehead atoms. The van der Waals surface area contributed by atoms with E-state index < -0.39 is 0 Å². The van der Waals surface area contributed by atoms with Crippen LogP contribution in [0, 0.1) is 0 Å². The second-order valence-electron chi connectivity index (χ2n) is 12.5. The van der Waals surface area contributed by atoms with Crippen molar-refractivity contribution in [3.05, 3.63) is 170 Å². The topological polar surface area (TPSA) is 43.6 Å². The molecule has 0 N–H and O–H groups in total. The van der Waals surface area contributed by atoms with Crippen LogP contribution in [-0.4, -0.2) is 19.5 Å². The van der Waals surface area contributed by atoms with Crippen LogP contribution in [0.3, 0.4) is 0 Å². The lowest BCUT2D eigenvalue weighted by atomic mass is 10.0. The Morgan fingerprint density at radius 3 is 1.58 bits per heavy atom. The third-order valence-electron chi connectivity index (χ3n) is 9.47. The van der Waals surface area contributed by atoms with Gasteiger partial charge in [0.2, 0.25) is 0 Å². The van der Waals surface area contributed by atoms with Gasteiger partial charge in [-0.25, -0.2) is 15.0 Å². The molecule has 0 saturated carbocycles. The molecular formula is C45H28N4S. The fraction of sp³-hybridized carbons (Fsp3) is 0. The number of hydrogen-bond donors (Lipinski definition) is 0. The standard InChI is InChI=1S/C45H28N4S/c1-2-11-30(12-3-1)43-46-44(48-45(47-43)33-25-26-38-37-17-6-9-20-41(37)50-42(38)28-33)31-23-21-29(22-24-31)32-13-10-14-34(27-32)49-39-18-7-4-15-35(39)36-16-5-8-19-40(36)49/h1-28H. The van der Waals surface area contributed by atoms with Gasteiger partial charge in [0.25, 0.3) is 0 Å². The summed E-state index contributed by atoms with van der Waals surface area (Å²) >= 11 is 1.80. The van der Waals surface area contributed by atoms with E-state index in [2.05, 4.69) is 144 Å². The van der Waals surface area contributed by atoms with Gasteiger partial charge in [-0.2, -0.15) is 0 Å². The number of thiophene rings is 1. The quantitative estimate of drug-likeness (QED) is 0.185. The normalized spacial score (nSPS) is 11.6. The van der Waals surface area contributed by atoms with E-state index in [9.17, 15) is 0 Å². The first-order chi connectivity index (χ1) is 24.8. The molecule has 0 spiro atoms. The molecule has 0 amide bonds. The van der Waals surface area contributed by atoms with E-state index in [0.717, 1.165) is 33.5 Å². The third kappa shape index (κ3) is 4.79. The molecule has 234 valence electrons. The molecule has 0 fully saturated rings. The summed E-state index contributed by atoms with van der Waals surface area (Å²) in [4.78, 5) is 15.0. The lowest BCUT2D eigenvalue weighted by molar-refractivity contribution is 1.07. The lowest BCUT2D eigenvalue weighted by Gasteiger charge is -2.11. The summed E-state index contributed by atoms with van der Waals surface area (Å²) in [6.07, 6.45) is 0. The van der Waals surface area contributed by atoms with Crippen LogP contribution >= 0.6 is 11.3 Å². The Morgan fingerprint density at radius 2 is 0.860 bits per heavy atom. The minimum Gasteiger partial charge on any atom is -0.309 e. The monoisotopic (exact) mass is 656 g/mol. The van der Waals surface area contributed by atoms with Crippen LogP contribution < -0.4 is 0 Å². The Bertz CT molecular complexity index is 2810. The van der Waals surface area contributed by atoms with Crippen molar-refractivity contribution >= 4 is 53.3 Å².